The molecular weight excluding hydrogens is 394 g/mol. The predicted octanol–water partition coefficient (Wildman–Crippen LogP) is 4.38. The molecule has 0 saturated heterocycles. The number of carbonyl (C=O) groups excluding carboxylic acids is 1. The monoisotopic (exact) mass is 407 g/mol. The lowest BCUT2D eigenvalue weighted by atomic mass is 10.2. The Morgan fingerprint density at radius 2 is 1.85 bits per heavy atom. The Balaban J connectivity index is 1.84. The van der Waals surface area contributed by atoms with Gasteiger partial charge >= 0.3 is 0 Å². The normalized spacial score (nSPS) is 14.5. The summed E-state index contributed by atoms with van der Waals surface area (Å²) in [6.45, 7) is 2.00. The minimum Gasteiger partial charge on any atom is -0.486 e. The van der Waals surface area contributed by atoms with Gasteiger partial charge in [0.25, 0.3) is 12.9 Å². The lowest BCUT2D eigenvalue weighted by molar-refractivity contribution is -0.119. The second kappa shape index (κ2) is 7.63. The Morgan fingerprint density at radius 3 is 2.48 bits per heavy atom. The van der Waals surface area contributed by atoms with Gasteiger partial charge in [-0.05, 0) is 19.1 Å². The lowest BCUT2D eigenvalue weighted by Gasteiger charge is -2.20. The van der Waals surface area contributed by atoms with Crippen LogP contribution in [0.15, 0.2) is 18.2 Å². The summed E-state index contributed by atoms with van der Waals surface area (Å²) < 4.78 is 63.6. The fraction of sp³-hybridized carbons (Fsp3) is 0.375. The molecule has 1 atom stereocenters. The molecular formula is C16H14ClF4N3O3. The number of halogens is 5. The van der Waals surface area contributed by atoms with E-state index in [0.717, 1.165) is 0 Å². The first-order valence-electron chi connectivity index (χ1n) is 7.84. The van der Waals surface area contributed by atoms with E-state index in [1.807, 2.05) is 0 Å². The summed E-state index contributed by atoms with van der Waals surface area (Å²) >= 11 is 5.60. The van der Waals surface area contributed by atoms with E-state index in [0.29, 0.717) is 35.1 Å². The second-order valence-electron chi connectivity index (χ2n) is 5.65. The topological polar surface area (TPSA) is 65.4 Å². The Kier molecular flexibility index (Phi) is 5.45. The van der Waals surface area contributed by atoms with Crippen LogP contribution in [0.1, 0.15) is 37.2 Å². The number of ether oxygens (including phenoxy) is 2. The third-order valence-electron chi connectivity index (χ3n) is 3.88. The maximum Gasteiger partial charge on any atom is 0.283 e. The van der Waals surface area contributed by atoms with Gasteiger partial charge in [0, 0.05) is 11.8 Å². The molecule has 1 unspecified atom stereocenters. The second-order valence-corrected chi connectivity index (χ2v) is 6.03. The largest absolute Gasteiger partial charge is 0.486 e. The van der Waals surface area contributed by atoms with Gasteiger partial charge in [0.1, 0.15) is 30.6 Å². The van der Waals surface area contributed by atoms with Crippen molar-refractivity contribution in [2.24, 2.45) is 0 Å². The quantitative estimate of drug-likeness (QED) is 0.747. The summed E-state index contributed by atoms with van der Waals surface area (Å²) in [4.78, 5) is 12.4. The highest BCUT2D eigenvalue weighted by Crippen LogP contribution is 2.37. The summed E-state index contributed by atoms with van der Waals surface area (Å²) in [6, 6.07) is 3.31. The van der Waals surface area contributed by atoms with Gasteiger partial charge in [0.05, 0.1) is 5.02 Å². The summed E-state index contributed by atoms with van der Waals surface area (Å²) in [7, 11) is 0. The molecule has 3 rings (SSSR count). The maximum atomic E-state index is 13.3. The molecule has 0 saturated carbocycles. The number of nitrogens with zero attached hydrogens (tertiary/aromatic N) is 2. The number of hydrogen-bond donors (Lipinski definition) is 1. The van der Waals surface area contributed by atoms with Crippen LogP contribution in [0.5, 0.6) is 11.5 Å². The van der Waals surface area contributed by atoms with E-state index in [4.69, 9.17) is 21.1 Å². The number of alkyl halides is 4. The molecule has 2 aromatic rings. The number of rotatable bonds is 5. The zero-order valence-electron chi connectivity index (χ0n) is 13.9. The van der Waals surface area contributed by atoms with E-state index in [-0.39, 0.29) is 0 Å². The summed E-state index contributed by atoms with van der Waals surface area (Å²) in [5, 5.41) is 5.07. The number of aromatic nitrogens is 2. The van der Waals surface area contributed by atoms with Gasteiger partial charge in [-0.2, -0.15) is 5.10 Å². The molecule has 0 aliphatic carbocycles. The van der Waals surface area contributed by atoms with Crippen molar-refractivity contribution in [3.8, 4) is 11.5 Å². The van der Waals surface area contributed by atoms with Gasteiger partial charge in [0.15, 0.2) is 11.5 Å². The Labute approximate surface area is 156 Å². The van der Waals surface area contributed by atoms with E-state index in [2.05, 4.69) is 10.4 Å². The first kappa shape index (κ1) is 19.3. The molecule has 1 aromatic heterocycles. The molecule has 1 aromatic carbocycles. The average molecular weight is 408 g/mol. The van der Waals surface area contributed by atoms with Crippen molar-refractivity contribution in [2.45, 2.75) is 25.8 Å². The van der Waals surface area contributed by atoms with Gasteiger partial charge in [-0.1, -0.05) is 11.6 Å². The highest BCUT2D eigenvalue weighted by atomic mass is 35.5. The van der Waals surface area contributed by atoms with Crippen LogP contribution in [0.3, 0.4) is 0 Å². The molecule has 0 radical (unpaired) electrons. The zero-order valence-corrected chi connectivity index (χ0v) is 14.6. The van der Waals surface area contributed by atoms with E-state index in [9.17, 15) is 22.4 Å². The van der Waals surface area contributed by atoms with Crippen molar-refractivity contribution >= 4 is 23.2 Å². The number of nitrogens with one attached hydrogen (secondary N) is 1. The van der Waals surface area contributed by atoms with E-state index >= 15 is 0 Å². The molecule has 1 aliphatic heterocycles. The molecule has 6 nitrogen and oxygen atoms in total. The van der Waals surface area contributed by atoms with E-state index in [1.165, 1.54) is 19.1 Å². The number of amides is 1. The highest BCUT2D eigenvalue weighted by Gasteiger charge is 2.32. The minimum atomic E-state index is -3.18. The van der Waals surface area contributed by atoms with Crippen LogP contribution in [0.4, 0.5) is 23.2 Å². The molecule has 0 bridgehead atoms. The Morgan fingerprint density at radius 1 is 1.19 bits per heavy atom. The summed E-state index contributed by atoms with van der Waals surface area (Å²) in [6.07, 6.45) is -6.33. The number of hydrogen-bond acceptors (Lipinski definition) is 4. The molecule has 1 N–H and O–H groups in total. The molecule has 11 heteroatoms. The average Bonchev–Trinajstić information content (AvgIpc) is 2.98. The SMILES string of the molecule is CC(C(=O)Nc1ccc2c(c1)OCCO2)n1nc(C(F)F)c(Cl)c1C(F)F. The van der Waals surface area contributed by atoms with Crippen molar-refractivity contribution in [2.75, 3.05) is 18.5 Å². The Hall–Kier alpha value is -2.49. The van der Waals surface area contributed by atoms with Gasteiger partial charge in [-0.25, -0.2) is 22.2 Å². The smallest absolute Gasteiger partial charge is 0.283 e. The van der Waals surface area contributed by atoms with Crippen molar-refractivity contribution in [1.82, 2.24) is 9.78 Å². The van der Waals surface area contributed by atoms with Gasteiger partial charge < -0.3 is 14.8 Å². The Bertz CT molecular complexity index is 860. The van der Waals surface area contributed by atoms with Crippen molar-refractivity contribution < 1.29 is 31.8 Å². The number of benzene rings is 1. The molecule has 1 aliphatic rings. The fourth-order valence-corrected chi connectivity index (χ4v) is 2.84. The predicted molar refractivity (Wildman–Crippen MR) is 87.9 cm³/mol. The van der Waals surface area contributed by atoms with E-state index < -0.39 is 41.2 Å². The first-order chi connectivity index (χ1) is 12.8. The van der Waals surface area contributed by atoms with Crippen molar-refractivity contribution in [1.29, 1.82) is 0 Å². The third kappa shape index (κ3) is 3.80. The lowest BCUT2D eigenvalue weighted by Crippen LogP contribution is -2.26. The standard InChI is InChI=1S/C16H14ClF4N3O3/c1-7(24-13(15(20)21)11(17)12(23-24)14(18)19)16(25)22-8-2-3-9-10(6-8)27-5-4-26-9/h2-3,6-7,14-15H,4-5H2,1H3,(H,22,25). The molecule has 146 valence electrons. The highest BCUT2D eigenvalue weighted by molar-refractivity contribution is 6.32. The summed E-state index contributed by atoms with van der Waals surface area (Å²) in [5.74, 6) is 0.184. The van der Waals surface area contributed by atoms with Crippen LogP contribution < -0.4 is 14.8 Å². The van der Waals surface area contributed by atoms with Crippen molar-refractivity contribution in [3.05, 3.63) is 34.6 Å². The molecule has 1 amide bonds. The van der Waals surface area contributed by atoms with E-state index in [1.54, 1.807) is 6.07 Å². The number of anilines is 1. The van der Waals surface area contributed by atoms with Crippen LogP contribution >= 0.6 is 11.6 Å². The third-order valence-corrected chi connectivity index (χ3v) is 4.27. The first-order valence-corrected chi connectivity index (χ1v) is 8.22. The van der Waals surface area contributed by atoms with Crippen LogP contribution in [-0.4, -0.2) is 28.9 Å². The molecule has 2 heterocycles. The number of fused-ring (bicyclic) bond motifs is 1. The molecule has 0 spiro atoms. The van der Waals surface area contributed by atoms with Crippen LogP contribution in [0.2, 0.25) is 5.02 Å². The fourth-order valence-electron chi connectivity index (χ4n) is 2.55. The van der Waals surface area contributed by atoms with Gasteiger partial charge in [-0.15, -0.1) is 0 Å². The number of carbonyl (C=O) groups is 1. The van der Waals surface area contributed by atoms with Crippen LogP contribution in [0.25, 0.3) is 0 Å². The molecule has 27 heavy (non-hydrogen) atoms. The van der Waals surface area contributed by atoms with Crippen LogP contribution in [0, 0.1) is 0 Å². The van der Waals surface area contributed by atoms with Gasteiger partial charge in [0.2, 0.25) is 5.91 Å². The van der Waals surface area contributed by atoms with Gasteiger partial charge in [-0.3, -0.25) is 4.79 Å². The molecule has 0 fully saturated rings. The minimum absolute atomic E-state index is 0.321. The summed E-state index contributed by atoms with van der Waals surface area (Å²) in [5.41, 5.74) is -1.61. The zero-order chi connectivity index (χ0) is 19.7. The van der Waals surface area contributed by atoms with Crippen LogP contribution in [-0.2, 0) is 4.79 Å². The maximum absolute atomic E-state index is 13.3. The van der Waals surface area contributed by atoms with Crippen molar-refractivity contribution in [3.63, 3.8) is 0 Å².